The highest BCUT2D eigenvalue weighted by Crippen LogP contribution is 2.27. The molecule has 5 heteroatoms. The number of hydrogen-bond acceptors (Lipinski definition) is 4. The van der Waals surface area contributed by atoms with E-state index in [1.807, 2.05) is 0 Å². The fourth-order valence-corrected chi connectivity index (χ4v) is 2.75. The van der Waals surface area contributed by atoms with Gasteiger partial charge >= 0.3 is 5.97 Å². The molecule has 0 amide bonds. The number of nitrogens with zero attached hydrogens (tertiary/aromatic N) is 1. The average Bonchev–Trinajstić information content (AvgIpc) is 3.35. The van der Waals surface area contributed by atoms with Crippen molar-refractivity contribution < 1.29 is 14.4 Å². The molecule has 0 aliphatic carbocycles. The van der Waals surface area contributed by atoms with Gasteiger partial charge in [0.1, 0.15) is 4.64 Å². The van der Waals surface area contributed by atoms with Gasteiger partial charge in [-0.15, -0.1) is 0 Å². The second kappa shape index (κ2) is 10.4. The van der Waals surface area contributed by atoms with Gasteiger partial charge in [-0.1, -0.05) is 63.0 Å². The molecule has 1 saturated heterocycles. The summed E-state index contributed by atoms with van der Waals surface area (Å²) in [4.78, 5) is 17.2. The zero-order valence-corrected chi connectivity index (χ0v) is 15.2. The van der Waals surface area contributed by atoms with E-state index >= 15 is 0 Å². The number of rotatable bonds is 11. The van der Waals surface area contributed by atoms with E-state index in [1.54, 1.807) is 24.4 Å². The van der Waals surface area contributed by atoms with E-state index < -0.39 is 6.10 Å². The summed E-state index contributed by atoms with van der Waals surface area (Å²) in [5.74, 6) is -0.373. The van der Waals surface area contributed by atoms with E-state index in [2.05, 4.69) is 19.1 Å². The van der Waals surface area contributed by atoms with Crippen LogP contribution in [0.5, 0.6) is 0 Å². The van der Waals surface area contributed by atoms with Gasteiger partial charge in [0.05, 0.1) is 6.10 Å². The summed E-state index contributed by atoms with van der Waals surface area (Å²) < 4.78 is 7.17. The van der Waals surface area contributed by atoms with Crippen LogP contribution < -0.4 is 4.84 Å². The van der Waals surface area contributed by atoms with E-state index in [0.717, 1.165) is 19.3 Å². The summed E-state index contributed by atoms with van der Waals surface area (Å²) >= 11 is 5.09. The van der Waals surface area contributed by atoms with E-state index in [9.17, 15) is 4.79 Å². The van der Waals surface area contributed by atoms with E-state index in [-0.39, 0.29) is 12.1 Å². The highest BCUT2D eigenvalue weighted by Gasteiger charge is 2.46. The fraction of sp³-hybridized carbons (Fsp3) is 0.579. The molecule has 132 valence electrons. The Hall–Kier alpha value is -1.46. The van der Waals surface area contributed by atoms with Crippen LogP contribution in [0.4, 0.5) is 0 Å². The van der Waals surface area contributed by atoms with Gasteiger partial charge in [0.25, 0.3) is 0 Å². The first-order valence-electron chi connectivity index (χ1n) is 8.92. The van der Waals surface area contributed by atoms with E-state index in [1.165, 1.54) is 36.8 Å². The van der Waals surface area contributed by atoms with Crippen molar-refractivity contribution in [2.24, 2.45) is 0 Å². The second-order valence-corrected chi connectivity index (χ2v) is 6.54. The Morgan fingerprint density at radius 2 is 2.04 bits per heavy atom. The van der Waals surface area contributed by atoms with Crippen molar-refractivity contribution in [3.63, 3.8) is 0 Å². The predicted octanol–water partition coefficient (Wildman–Crippen LogP) is 4.64. The molecule has 0 bridgehead atoms. The lowest BCUT2D eigenvalue weighted by atomic mass is 10.1. The summed E-state index contributed by atoms with van der Waals surface area (Å²) in [6.07, 6.45) is 15.1. The monoisotopic (exact) mass is 349 g/mol. The third-order valence-electron chi connectivity index (χ3n) is 4.05. The van der Waals surface area contributed by atoms with E-state index in [4.69, 9.17) is 21.8 Å². The van der Waals surface area contributed by atoms with Crippen molar-refractivity contribution in [1.29, 1.82) is 0 Å². The Kier molecular flexibility index (Phi) is 8.19. The minimum Gasteiger partial charge on any atom is -0.357 e. The average molecular weight is 349 g/mol. The first kappa shape index (κ1) is 18.9. The van der Waals surface area contributed by atoms with E-state index in [0.29, 0.717) is 4.64 Å². The summed E-state index contributed by atoms with van der Waals surface area (Å²) in [5, 5.41) is 0. The molecule has 1 aromatic rings. The third kappa shape index (κ3) is 6.57. The first-order valence-corrected chi connectivity index (χ1v) is 9.33. The molecule has 24 heavy (non-hydrogen) atoms. The number of hydrogen-bond donors (Lipinski definition) is 0. The number of unbranched alkanes of at least 4 members (excludes halogenated alkanes) is 5. The maximum absolute atomic E-state index is 12.0. The Labute approximate surface area is 149 Å². The summed E-state index contributed by atoms with van der Waals surface area (Å²) in [5.41, 5.74) is 0. The van der Waals surface area contributed by atoms with Gasteiger partial charge in [0.2, 0.25) is 0 Å². The van der Waals surface area contributed by atoms with Gasteiger partial charge in [-0.05, 0) is 37.8 Å². The third-order valence-corrected chi connectivity index (χ3v) is 4.37. The Morgan fingerprint density at radius 1 is 1.25 bits per heavy atom. The molecule has 0 radical (unpaired) electrons. The Morgan fingerprint density at radius 3 is 2.83 bits per heavy atom. The smallest absolute Gasteiger partial charge is 0.357 e. The number of aromatic nitrogens is 1. The molecular formula is C19H27NO3S. The minimum atomic E-state index is -0.449. The maximum Gasteiger partial charge on any atom is 0.364 e. The summed E-state index contributed by atoms with van der Waals surface area (Å²) in [6.45, 7) is 2.23. The number of pyridine rings is 1. The standard InChI is InChI=1S/C19H27NO3S/c1-2-3-4-5-6-7-8-9-10-13-16-18(22-16)19(21)23-20-15-12-11-14-17(20)24/h8-9,11-12,14-16,18H,2-7,10,13H2,1H3/b9-8+. The van der Waals surface area contributed by atoms with Crippen molar-refractivity contribution in [3.8, 4) is 0 Å². The molecule has 2 heterocycles. The zero-order chi connectivity index (χ0) is 17.2. The predicted molar refractivity (Wildman–Crippen MR) is 97.3 cm³/mol. The molecule has 1 aliphatic rings. The van der Waals surface area contributed by atoms with Crippen LogP contribution in [0.3, 0.4) is 0 Å². The molecular weight excluding hydrogens is 322 g/mol. The molecule has 0 spiro atoms. The van der Waals surface area contributed by atoms with Crippen LogP contribution in [-0.2, 0) is 9.53 Å². The highest BCUT2D eigenvalue weighted by molar-refractivity contribution is 7.71. The lowest BCUT2D eigenvalue weighted by Gasteiger charge is -2.04. The van der Waals surface area contributed by atoms with Gasteiger partial charge in [-0.25, -0.2) is 4.79 Å². The Bertz CT molecular complexity index is 596. The highest BCUT2D eigenvalue weighted by atomic mass is 32.1. The van der Waals surface area contributed by atoms with Gasteiger partial charge < -0.3 is 9.57 Å². The molecule has 0 N–H and O–H groups in total. The Balaban J connectivity index is 1.56. The largest absolute Gasteiger partial charge is 0.364 e. The number of carbonyl (C=O) groups is 1. The number of carbonyl (C=O) groups excluding carboxylic acids is 1. The molecule has 2 rings (SSSR count). The van der Waals surface area contributed by atoms with Crippen molar-refractivity contribution in [2.45, 2.75) is 70.5 Å². The van der Waals surface area contributed by atoms with Crippen LogP contribution in [0.25, 0.3) is 0 Å². The fourth-order valence-electron chi connectivity index (χ4n) is 2.57. The van der Waals surface area contributed by atoms with Crippen LogP contribution in [0.15, 0.2) is 36.5 Å². The zero-order valence-electron chi connectivity index (χ0n) is 14.4. The first-order chi connectivity index (χ1) is 11.7. The van der Waals surface area contributed by atoms with Crippen LogP contribution in [0.2, 0.25) is 0 Å². The normalized spacial score (nSPS) is 19.5. The molecule has 4 nitrogen and oxygen atoms in total. The minimum absolute atomic E-state index is 0.0235. The lowest BCUT2D eigenvalue weighted by molar-refractivity contribution is -0.145. The SMILES string of the molecule is CCCCCCC/C=C/CCC1OC1C(=O)On1ccccc1=S. The van der Waals surface area contributed by atoms with Crippen molar-refractivity contribution in [3.05, 3.63) is 41.2 Å². The summed E-state index contributed by atoms with van der Waals surface area (Å²) in [7, 11) is 0. The molecule has 0 aromatic carbocycles. The molecule has 1 aliphatic heterocycles. The van der Waals surface area contributed by atoms with Crippen LogP contribution in [0.1, 0.15) is 58.3 Å². The molecule has 2 unspecified atom stereocenters. The number of epoxide rings is 1. The van der Waals surface area contributed by atoms with Gasteiger partial charge in [0.15, 0.2) is 6.10 Å². The van der Waals surface area contributed by atoms with Crippen LogP contribution >= 0.6 is 12.2 Å². The van der Waals surface area contributed by atoms with Gasteiger partial charge in [-0.3, -0.25) is 0 Å². The van der Waals surface area contributed by atoms with Crippen molar-refractivity contribution >= 4 is 18.2 Å². The van der Waals surface area contributed by atoms with Gasteiger partial charge in [-0.2, -0.15) is 4.73 Å². The number of ether oxygens (including phenoxy) is 1. The second-order valence-electron chi connectivity index (χ2n) is 6.12. The maximum atomic E-state index is 12.0. The van der Waals surface area contributed by atoms with Crippen molar-refractivity contribution in [2.75, 3.05) is 0 Å². The molecule has 1 fully saturated rings. The van der Waals surface area contributed by atoms with Gasteiger partial charge in [0, 0.05) is 6.20 Å². The quantitative estimate of drug-likeness (QED) is 0.253. The lowest BCUT2D eigenvalue weighted by Crippen LogP contribution is -2.25. The van der Waals surface area contributed by atoms with Crippen molar-refractivity contribution in [1.82, 2.24) is 4.73 Å². The van der Waals surface area contributed by atoms with Crippen LogP contribution in [-0.4, -0.2) is 22.9 Å². The topological polar surface area (TPSA) is 43.8 Å². The number of allylic oxidation sites excluding steroid dienone is 2. The molecule has 0 saturated carbocycles. The van der Waals surface area contributed by atoms with Crippen LogP contribution in [0, 0.1) is 4.64 Å². The molecule has 1 aromatic heterocycles. The molecule has 2 atom stereocenters. The summed E-state index contributed by atoms with van der Waals surface area (Å²) in [6, 6.07) is 5.28.